The minimum absolute atomic E-state index is 0.102. The lowest BCUT2D eigenvalue weighted by Gasteiger charge is -2.26. The van der Waals surface area contributed by atoms with Crippen LogP contribution in [0.3, 0.4) is 0 Å². The predicted octanol–water partition coefficient (Wildman–Crippen LogP) is 4.13. The second kappa shape index (κ2) is 10.2. The van der Waals surface area contributed by atoms with Crippen LogP contribution < -0.4 is 20.3 Å². The molecule has 1 aliphatic rings. The van der Waals surface area contributed by atoms with Crippen LogP contribution in [0.2, 0.25) is 0 Å². The molecule has 4 rings (SSSR count). The molecule has 0 spiro atoms. The number of halogens is 1. The number of hydrogen-bond donors (Lipinski definition) is 2. The van der Waals surface area contributed by atoms with Crippen molar-refractivity contribution in [2.45, 2.75) is 13.8 Å². The summed E-state index contributed by atoms with van der Waals surface area (Å²) in [7, 11) is 0. The van der Waals surface area contributed by atoms with Crippen LogP contribution in [-0.4, -0.2) is 30.4 Å². The van der Waals surface area contributed by atoms with Crippen LogP contribution in [0, 0.1) is 19.7 Å². The van der Waals surface area contributed by atoms with E-state index in [1.165, 1.54) is 18.2 Å². The molecule has 182 valence electrons. The van der Waals surface area contributed by atoms with E-state index < -0.39 is 23.7 Å². The van der Waals surface area contributed by atoms with Crippen molar-refractivity contribution in [2.75, 3.05) is 16.8 Å². The molecule has 0 unspecified atom stereocenters. The fourth-order valence-corrected chi connectivity index (χ4v) is 3.58. The van der Waals surface area contributed by atoms with Crippen molar-refractivity contribution in [1.82, 2.24) is 5.32 Å². The number of carbonyl (C=O) groups is 4. The first-order valence-electron chi connectivity index (χ1n) is 11.0. The molecule has 1 aliphatic heterocycles. The number of amides is 5. The van der Waals surface area contributed by atoms with Crippen molar-refractivity contribution in [1.29, 1.82) is 0 Å². The number of barbiturate groups is 1. The fourth-order valence-electron chi connectivity index (χ4n) is 3.58. The summed E-state index contributed by atoms with van der Waals surface area (Å²) in [6.45, 7) is 3.53. The predicted molar refractivity (Wildman–Crippen MR) is 132 cm³/mol. The van der Waals surface area contributed by atoms with E-state index in [2.05, 4.69) is 10.6 Å². The van der Waals surface area contributed by atoms with Crippen molar-refractivity contribution in [3.8, 4) is 5.75 Å². The van der Waals surface area contributed by atoms with Gasteiger partial charge in [0.2, 0.25) is 0 Å². The zero-order valence-electron chi connectivity index (χ0n) is 19.5. The summed E-state index contributed by atoms with van der Waals surface area (Å²) in [5, 5.41) is 4.91. The lowest BCUT2D eigenvalue weighted by Crippen LogP contribution is -2.54. The number of para-hydroxylation sites is 1. The van der Waals surface area contributed by atoms with Gasteiger partial charge in [0.25, 0.3) is 17.7 Å². The van der Waals surface area contributed by atoms with E-state index in [-0.39, 0.29) is 29.5 Å². The van der Waals surface area contributed by atoms with E-state index in [1.54, 1.807) is 30.3 Å². The third kappa shape index (κ3) is 5.15. The van der Waals surface area contributed by atoms with Gasteiger partial charge >= 0.3 is 6.03 Å². The monoisotopic (exact) mass is 487 g/mol. The average Bonchev–Trinajstić information content (AvgIpc) is 2.85. The van der Waals surface area contributed by atoms with E-state index in [1.807, 2.05) is 26.0 Å². The van der Waals surface area contributed by atoms with Gasteiger partial charge in [-0.25, -0.2) is 14.1 Å². The minimum atomic E-state index is -0.943. The van der Waals surface area contributed by atoms with Gasteiger partial charge in [0, 0.05) is 11.3 Å². The van der Waals surface area contributed by atoms with Gasteiger partial charge in [-0.15, -0.1) is 0 Å². The summed E-state index contributed by atoms with van der Waals surface area (Å²) >= 11 is 0. The third-order valence-corrected chi connectivity index (χ3v) is 5.64. The Morgan fingerprint density at radius 1 is 1.00 bits per heavy atom. The Bertz CT molecular complexity index is 1400. The molecule has 1 heterocycles. The van der Waals surface area contributed by atoms with Crippen molar-refractivity contribution in [2.24, 2.45) is 0 Å². The number of hydrogen-bond acceptors (Lipinski definition) is 5. The van der Waals surface area contributed by atoms with Crippen LogP contribution >= 0.6 is 0 Å². The van der Waals surface area contributed by atoms with Gasteiger partial charge in [0.1, 0.15) is 17.1 Å². The lowest BCUT2D eigenvalue weighted by atomic mass is 10.1. The van der Waals surface area contributed by atoms with Crippen molar-refractivity contribution >= 4 is 41.2 Å². The summed E-state index contributed by atoms with van der Waals surface area (Å²) in [6.07, 6.45) is 1.28. The summed E-state index contributed by atoms with van der Waals surface area (Å²) in [6, 6.07) is 15.9. The van der Waals surface area contributed by atoms with E-state index >= 15 is 0 Å². The molecular weight excluding hydrogens is 465 g/mol. The Labute approximate surface area is 206 Å². The Hall–Kier alpha value is -4.79. The van der Waals surface area contributed by atoms with Gasteiger partial charge in [0.15, 0.2) is 6.61 Å². The molecule has 1 fully saturated rings. The maximum atomic E-state index is 13.3. The molecule has 0 aliphatic carbocycles. The van der Waals surface area contributed by atoms with Gasteiger partial charge in [-0.05, 0) is 67.4 Å². The van der Waals surface area contributed by atoms with E-state index in [0.717, 1.165) is 28.2 Å². The molecule has 1 saturated heterocycles. The summed E-state index contributed by atoms with van der Waals surface area (Å²) < 4.78 is 19.0. The highest BCUT2D eigenvalue weighted by Crippen LogP contribution is 2.26. The highest BCUT2D eigenvalue weighted by molar-refractivity contribution is 6.39. The Kier molecular flexibility index (Phi) is 6.91. The molecule has 2 N–H and O–H groups in total. The molecule has 36 heavy (non-hydrogen) atoms. The Balaban J connectivity index is 1.54. The number of carbonyl (C=O) groups excluding carboxylic acids is 4. The second-order valence-electron chi connectivity index (χ2n) is 8.06. The van der Waals surface area contributed by atoms with Gasteiger partial charge < -0.3 is 10.1 Å². The number of benzene rings is 3. The van der Waals surface area contributed by atoms with Crippen molar-refractivity contribution in [3.05, 3.63) is 94.8 Å². The number of rotatable bonds is 6. The molecule has 9 heteroatoms. The van der Waals surface area contributed by atoms with E-state index in [9.17, 15) is 23.6 Å². The second-order valence-corrected chi connectivity index (χ2v) is 8.06. The molecule has 0 aromatic heterocycles. The number of ether oxygens (including phenoxy) is 1. The van der Waals surface area contributed by atoms with Crippen molar-refractivity contribution < 1.29 is 28.3 Å². The van der Waals surface area contributed by atoms with Crippen LogP contribution in [0.1, 0.15) is 16.7 Å². The van der Waals surface area contributed by atoms with Crippen LogP contribution in [0.25, 0.3) is 6.08 Å². The largest absolute Gasteiger partial charge is 0.483 e. The number of nitrogens with zero attached hydrogens (tertiary/aromatic N) is 1. The maximum absolute atomic E-state index is 13.3. The molecule has 8 nitrogen and oxygen atoms in total. The molecule has 0 atom stereocenters. The Morgan fingerprint density at radius 2 is 1.72 bits per heavy atom. The number of nitrogens with one attached hydrogen (secondary N) is 2. The van der Waals surface area contributed by atoms with Gasteiger partial charge in [-0.3, -0.25) is 19.7 Å². The summed E-state index contributed by atoms with van der Waals surface area (Å²) in [4.78, 5) is 51.1. The first kappa shape index (κ1) is 24.3. The summed E-state index contributed by atoms with van der Waals surface area (Å²) in [5.74, 6) is -2.43. The van der Waals surface area contributed by atoms with Gasteiger partial charge in [-0.1, -0.05) is 30.3 Å². The van der Waals surface area contributed by atoms with Crippen LogP contribution in [0.4, 0.5) is 20.6 Å². The average molecular weight is 487 g/mol. The standard InChI is InChI=1S/C27H22FN3O5/c1-16-6-5-8-22(17(16)2)29-24(32)15-36-23-9-4-3-7-18(23)14-21-25(33)30-27(35)31(26(21)34)20-12-10-19(28)11-13-20/h3-14H,15H2,1-2H3,(H,29,32)(H,30,33,35)/b21-14+. The SMILES string of the molecule is Cc1cccc(NC(=O)COc2ccccc2/C=C2\C(=O)NC(=O)N(c3ccc(F)cc3)C2=O)c1C. The minimum Gasteiger partial charge on any atom is -0.483 e. The van der Waals surface area contributed by atoms with Gasteiger partial charge in [0.05, 0.1) is 5.69 Å². The number of aryl methyl sites for hydroxylation is 1. The topological polar surface area (TPSA) is 105 Å². The van der Waals surface area contributed by atoms with E-state index in [4.69, 9.17) is 4.74 Å². The quantitative estimate of drug-likeness (QED) is 0.402. The first-order chi connectivity index (χ1) is 17.2. The highest BCUT2D eigenvalue weighted by atomic mass is 19.1. The van der Waals surface area contributed by atoms with Crippen LogP contribution in [0.5, 0.6) is 5.75 Å². The smallest absolute Gasteiger partial charge is 0.335 e. The zero-order valence-corrected chi connectivity index (χ0v) is 19.5. The molecule has 0 radical (unpaired) electrons. The molecule has 3 aromatic rings. The summed E-state index contributed by atoms with van der Waals surface area (Å²) in [5.41, 5.74) is 2.78. The number of urea groups is 1. The van der Waals surface area contributed by atoms with Crippen LogP contribution in [-0.2, 0) is 14.4 Å². The maximum Gasteiger partial charge on any atom is 0.335 e. The first-order valence-corrected chi connectivity index (χ1v) is 11.0. The zero-order chi connectivity index (χ0) is 25.8. The molecule has 5 amide bonds. The highest BCUT2D eigenvalue weighted by Gasteiger charge is 2.37. The van der Waals surface area contributed by atoms with Crippen molar-refractivity contribution in [3.63, 3.8) is 0 Å². The van der Waals surface area contributed by atoms with Crippen LogP contribution in [0.15, 0.2) is 72.3 Å². The molecular formula is C27H22FN3O5. The van der Waals surface area contributed by atoms with Gasteiger partial charge in [-0.2, -0.15) is 0 Å². The number of imide groups is 2. The fraction of sp³-hybridized carbons (Fsp3) is 0.111. The molecule has 0 bridgehead atoms. The molecule has 0 saturated carbocycles. The molecule has 3 aromatic carbocycles. The Morgan fingerprint density at radius 3 is 2.47 bits per heavy atom. The normalized spacial score (nSPS) is 14.6. The lowest BCUT2D eigenvalue weighted by molar-refractivity contribution is -0.122. The number of anilines is 2. The third-order valence-electron chi connectivity index (χ3n) is 5.64. The van der Waals surface area contributed by atoms with E-state index in [0.29, 0.717) is 11.3 Å².